The van der Waals surface area contributed by atoms with E-state index in [0.717, 1.165) is 16.7 Å². The molecule has 6 nitrogen and oxygen atoms in total. The molecule has 0 saturated heterocycles. The van der Waals surface area contributed by atoms with Crippen LogP contribution in [0.5, 0.6) is 0 Å². The van der Waals surface area contributed by atoms with Crippen LogP contribution in [0.15, 0.2) is 83.5 Å². The van der Waals surface area contributed by atoms with Crippen LogP contribution >= 0.6 is 0 Å². The van der Waals surface area contributed by atoms with Crippen LogP contribution in [0.3, 0.4) is 0 Å². The van der Waals surface area contributed by atoms with Gasteiger partial charge in [-0.15, -0.1) is 0 Å². The summed E-state index contributed by atoms with van der Waals surface area (Å²) in [5, 5.41) is 11.4. The predicted octanol–water partition coefficient (Wildman–Crippen LogP) is 5.05. The van der Waals surface area contributed by atoms with Crippen molar-refractivity contribution < 1.29 is 9.72 Å². The van der Waals surface area contributed by atoms with Gasteiger partial charge in [-0.25, -0.2) is 4.99 Å². The smallest absolute Gasteiger partial charge is 0.266 e. The Morgan fingerprint density at radius 2 is 1.63 bits per heavy atom. The summed E-state index contributed by atoms with van der Waals surface area (Å²) in [5.74, 6) is 0.175. The van der Waals surface area contributed by atoms with Crippen molar-refractivity contribution in [3.63, 3.8) is 0 Å². The third-order valence-corrected chi connectivity index (χ3v) is 4.82. The Bertz CT molecular complexity index is 1230. The molecule has 0 aromatic heterocycles. The lowest BCUT2D eigenvalue weighted by atomic mass is 10.1. The summed E-state index contributed by atoms with van der Waals surface area (Å²) < 4.78 is 0. The molecule has 4 rings (SSSR count). The number of aliphatic imine (C=N–C) groups is 1. The molecule has 1 heterocycles. The van der Waals surface area contributed by atoms with Crippen molar-refractivity contribution in [2.45, 2.75) is 13.8 Å². The quantitative estimate of drug-likeness (QED) is 0.351. The van der Waals surface area contributed by atoms with Crippen molar-refractivity contribution in [3.8, 4) is 0 Å². The van der Waals surface area contributed by atoms with Gasteiger partial charge in [0.25, 0.3) is 11.6 Å². The summed E-state index contributed by atoms with van der Waals surface area (Å²) in [6.45, 7) is 3.93. The van der Waals surface area contributed by atoms with Crippen LogP contribution < -0.4 is 4.90 Å². The van der Waals surface area contributed by atoms with Gasteiger partial charge in [-0.05, 0) is 49.8 Å². The molecule has 3 aromatic rings. The number of amides is 1. The maximum absolute atomic E-state index is 13.3. The first kappa shape index (κ1) is 19.3. The van der Waals surface area contributed by atoms with Crippen molar-refractivity contribution in [1.82, 2.24) is 0 Å². The van der Waals surface area contributed by atoms with Gasteiger partial charge in [0.2, 0.25) is 0 Å². The number of nitro benzene ring substituents is 1. The fraction of sp³-hybridized carbons (Fsp3) is 0.0833. The SMILES string of the molecule is Cc1cccc(C2=N/C(=C/c3ccccc3[N+](=O)[O-])C(=O)N2c2cccc(C)c2)c1. The summed E-state index contributed by atoms with van der Waals surface area (Å²) in [6, 6.07) is 21.7. The Hall–Kier alpha value is -4.06. The summed E-state index contributed by atoms with van der Waals surface area (Å²) in [5.41, 5.74) is 3.98. The standard InChI is InChI=1S/C24H19N3O3/c1-16-7-5-10-19(13-16)23-25-21(15-18-9-3-4-12-22(18)27(29)30)24(28)26(23)20-11-6-8-17(2)14-20/h3-15H,1-2H3/b21-15+. The van der Waals surface area contributed by atoms with E-state index in [-0.39, 0.29) is 17.3 Å². The molecule has 0 radical (unpaired) electrons. The van der Waals surface area contributed by atoms with Gasteiger partial charge in [0.05, 0.1) is 16.2 Å². The van der Waals surface area contributed by atoms with E-state index < -0.39 is 4.92 Å². The highest BCUT2D eigenvalue weighted by atomic mass is 16.6. The van der Waals surface area contributed by atoms with Crippen LogP contribution in [0.4, 0.5) is 11.4 Å². The molecule has 0 N–H and O–H groups in total. The number of nitro groups is 1. The average molecular weight is 397 g/mol. The molecule has 148 valence electrons. The first-order chi connectivity index (χ1) is 14.4. The molecule has 0 aliphatic carbocycles. The Morgan fingerprint density at radius 3 is 2.33 bits per heavy atom. The summed E-state index contributed by atoms with van der Waals surface area (Å²) in [4.78, 5) is 30.4. The first-order valence-electron chi connectivity index (χ1n) is 9.46. The number of nitrogens with zero attached hydrogens (tertiary/aromatic N) is 3. The monoisotopic (exact) mass is 397 g/mol. The second-order valence-electron chi connectivity index (χ2n) is 7.13. The maximum atomic E-state index is 13.3. The number of anilines is 1. The largest absolute Gasteiger partial charge is 0.282 e. The minimum Gasteiger partial charge on any atom is -0.266 e. The van der Waals surface area contributed by atoms with E-state index >= 15 is 0 Å². The summed E-state index contributed by atoms with van der Waals surface area (Å²) in [7, 11) is 0. The van der Waals surface area contributed by atoms with Crippen LogP contribution in [-0.4, -0.2) is 16.7 Å². The normalized spacial score (nSPS) is 14.9. The zero-order valence-corrected chi connectivity index (χ0v) is 16.6. The number of hydrogen-bond donors (Lipinski definition) is 0. The van der Waals surface area contributed by atoms with Crippen LogP contribution in [0.25, 0.3) is 6.08 Å². The number of carbonyl (C=O) groups excluding carboxylic acids is 1. The van der Waals surface area contributed by atoms with Gasteiger partial charge in [0.1, 0.15) is 11.5 Å². The number of rotatable bonds is 4. The van der Waals surface area contributed by atoms with Crippen molar-refractivity contribution in [2.75, 3.05) is 4.90 Å². The number of aryl methyl sites for hydroxylation is 2. The van der Waals surface area contributed by atoms with Crippen LogP contribution in [0, 0.1) is 24.0 Å². The van der Waals surface area contributed by atoms with E-state index in [4.69, 9.17) is 0 Å². The van der Waals surface area contributed by atoms with Crippen molar-refractivity contribution in [1.29, 1.82) is 0 Å². The molecule has 0 fully saturated rings. The third kappa shape index (κ3) is 3.63. The van der Waals surface area contributed by atoms with Crippen LogP contribution in [0.1, 0.15) is 22.3 Å². The van der Waals surface area contributed by atoms with Gasteiger partial charge in [-0.2, -0.15) is 0 Å². The maximum Gasteiger partial charge on any atom is 0.282 e. The summed E-state index contributed by atoms with van der Waals surface area (Å²) >= 11 is 0. The second-order valence-corrected chi connectivity index (χ2v) is 7.13. The van der Waals surface area contributed by atoms with E-state index in [1.54, 1.807) is 23.1 Å². The van der Waals surface area contributed by atoms with Crippen molar-refractivity contribution in [2.24, 2.45) is 4.99 Å². The lowest BCUT2D eigenvalue weighted by molar-refractivity contribution is -0.385. The van der Waals surface area contributed by atoms with E-state index in [1.165, 1.54) is 12.1 Å². The highest BCUT2D eigenvalue weighted by Crippen LogP contribution is 2.30. The van der Waals surface area contributed by atoms with Gasteiger partial charge < -0.3 is 0 Å². The lowest BCUT2D eigenvalue weighted by Crippen LogP contribution is -2.32. The molecule has 3 aromatic carbocycles. The summed E-state index contributed by atoms with van der Waals surface area (Å²) in [6.07, 6.45) is 1.48. The van der Waals surface area contributed by atoms with Crippen molar-refractivity contribution in [3.05, 3.63) is 111 Å². The fourth-order valence-electron chi connectivity index (χ4n) is 3.42. The molecular formula is C24H19N3O3. The van der Waals surface area contributed by atoms with Crippen LogP contribution in [0.2, 0.25) is 0 Å². The Labute approximate surface area is 174 Å². The lowest BCUT2D eigenvalue weighted by Gasteiger charge is -2.19. The number of carbonyl (C=O) groups is 1. The topological polar surface area (TPSA) is 75.8 Å². The highest BCUT2D eigenvalue weighted by molar-refractivity contribution is 6.33. The zero-order chi connectivity index (χ0) is 21.3. The molecule has 1 amide bonds. The first-order valence-corrected chi connectivity index (χ1v) is 9.46. The molecule has 0 saturated carbocycles. The van der Waals surface area contributed by atoms with E-state index in [9.17, 15) is 14.9 Å². The highest BCUT2D eigenvalue weighted by Gasteiger charge is 2.33. The van der Waals surface area contributed by atoms with Gasteiger partial charge >= 0.3 is 0 Å². The number of para-hydroxylation sites is 1. The van der Waals surface area contributed by atoms with E-state index in [0.29, 0.717) is 17.1 Å². The van der Waals surface area contributed by atoms with E-state index in [2.05, 4.69) is 4.99 Å². The molecule has 1 aliphatic heterocycles. The molecule has 1 aliphatic rings. The number of benzene rings is 3. The van der Waals surface area contributed by atoms with Gasteiger partial charge in [-0.3, -0.25) is 19.8 Å². The van der Waals surface area contributed by atoms with Crippen LogP contribution in [-0.2, 0) is 4.79 Å². The molecule has 6 heteroatoms. The molecular weight excluding hydrogens is 378 g/mol. The molecule has 0 atom stereocenters. The molecule has 0 spiro atoms. The van der Waals surface area contributed by atoms with Gasteiger partial charge in [0, 0.05) is 11.6 Å². The minimum atomic E-state index is -0.463. The average Bonchev–Trinajstić information content (AvgIpc) is 3.04. The minimum absolute atomic E-state index is 0.0703. The Morgan fingerprint density at radius 1 is 0.933 bits per heavy atom. The number of hydrogen-bond acceptors (Lipinski definition) is 4. The van der Waals surface area contributed by atoms with Crippen molar-refractivity contribution >= 4 is 29.2 Å². The number of amidine groups is 1. The molecule has 30 heavy (non-hydrogen) atoms. The molecule has 0 bridgehead atoms. The Balaban J connectivity index is 1.88. The fourth-order valence-corrected chi connectivity index (χ4v) is 3.42. The van der Waals surface area contributed by atoms with E-state index in [1.807, 2.05) is 62.4 Å². The molecule has 0 unspecified atom stereocenters. The van der Waals surface area contributed by atoms with Gasteiger partial charge in [-0.1, -0.05) is 48.0 Å². The zero-order valence-electron chi connectivity index (χ0n) is 16.6. The van der Waals surface area contributed by atoms with Gasteiger partial charge in [0.15, 0.2) is 0 Å². The second kappa shape index (κ2) is 7.75. The Kier molecular flexibility index (Phi) is 4.98. The predicted molar refractivity (Wildman–Crippen MR) is 117 cm³/mol. The third-order valence-electron chi connectivity index (χ3n) is 4.82.